The number of aryl methyl sites for hydroxylation is 1. The fraction of sp³-hybridized carbons (Fsp3) is 0.367. The van der Waals surface area contributed by atoms with Crippen molar-refractivity contribution in [1.82, 2.24) is 10.2 Å². The van der Waals surface area contributed by atoms with Crippen LogP contribution in [0.1, 0.15) is 34.6 Å². The second-order valence-corrected chi connectivity index (χ2v) is 9.57. The lowest BCUT2D eigenvalue weighted by atomic mass is 9.83. The molecular formula is C30H35FN2O3. The summed E-state index contributed by atoms with van der Waals surface area (Å²) in [6.07, 6.45) is 1.50. The van der Waals surface area contributed by atoms with Gasteiger partial charge in [0.1, 0.15) is 17.3 Å². The second kappa shape index (κ2) is 12.0. The predicted molar refractivity (Wildman–Crippen MR) is 140 cm³/mol. The first kappa shape index (κ1) is 25.7. The summed E-state index contributed by atoms with van der Waals surface area (Å²) in [5.74, 6) is 1.53. The first-order valence-corrected chi connectivity index (χ1v) is 12.5. The maximum atomic E-state index is 13.9. The number of nitrogens with zero attached hydrogens (tertiary/aromatic N) is 1. The highest BCUT2D eigenvalue weighted by Gasteiger charge is 2.32. The van der Waals surface area contributed by atoms with Crippen molar-refractivity contribution in [2.45, 2.75) is 32.2 Å². The molecule has 190 valence electrons. The molecule has 0 spiro atoms. The monoisotopic (exact) mass is 490 g/mol. The lowest BCUT2D eigenvalue weighted by Gasteiger charge is -2.37. The van der Waals surface area contributed by atoms with Crippen molar-refractivity contribution in [3.05, 3.63) is 94.8 Å². The zero-order valence-corrected chi connectivity index (χ0v) is 21.3. The van der Waals surface area contributed by atoms with Crippen molar-refractivity contribution in [1.29, 1.82) is 0 Å². The largest absolute Gasteiger partial charge is 0.497 e. The Morgan fingerprint density at radius 1 is 0.972 bits per heavy atom. The molecule has 3 aromatic carbocycles. The quantitative estimate of drug-likeness (QED) is 0.453. The van der Waals surface area contributed by atoms with Gasteiger partial charge in [0.05, 0.1) is 20.1 Å². The van der Waals surface area contributed by atoms with Crippen LogP contribution in [0.5, 0.6) is 11.5 Å². The lowest BCUT2D eigenvalue weighted by molar-refractivity contribution is -0.127. The van der Waals surface area contributed by atoms with E-state index < -0.39 is 0 Å². The van der Waals surface area contributed by atoms with E-state index in [-0.39, 0.29) is 23.6 Å². The first-order chi connectivity index (χ1) is 17.4. The molecule has 0 radical (unpaired) electrons. The number of hydrogen-bond acceptors (Lipinski definition) is 4. The van der Waals surface area contributed by atoms with E-state index in [2.05, 4.69) is 16.3 Å². The summed E-state index contributed by atoms with van der Waals surface area (Å²) >= 11 is 0. The minimum Gasteiger partial charge on any atom is -0.497 e. The number of benzene rings is 3. The molecule has 0 aliphatic carbocycles. The van der Waals surface area contributed by atoms with Crippen molar-refractivity contribution >= 4 is 5.91 Å². The minimum atomic E-state index is -0.198. The summed E-state index contributed by atoms with van der Waals surface area (Å²) in [5.41, 5.74) is 4.01. The van der Waals surface area contributed by atoms with Gasteiger partial charge in [-0.1, -0.05) is 36.4 Å². The topological polar surface area (TPSA) is 50.8 Å². The van der Waals surface area contributed by atoms with Crippen LogP contribution < -0.4 is 14.8 Å². The minimum absolute atomic E-state index is 0.0719. The maximum absolute atomic E-state index is 13.9. The van der Waals surface area contributed by atoms with Gasteiger partial charge in [0.2, 0.25) is 5.91 Å². The Hall–Kier alpha value is -3.38. The van der Waals surface area contributed by atoms with Crippen molar-refractivity contribution in [3.8, 4) is 11.5 Å². The molecule has 3 aromatic rings. The van der Waals surface area contributed by atoms with E-state index in [1.54, 1.807) is 21.1 Å². The van der Waals surface area contributed by atoms with Gasteiger partial charge >= 0.3 is 0 Å². The molecule has 6 heteroatoms. The van der Waals surface area contributed by atoms with Gasteiger partial charge in [-0.25, -0.2) is 4.39 Å². The van der Waals surface area contributed by atoms with Crippen molar-refractivity contribution in [2.75, 3.05) is 33.9 Å². The summed E-state index contributed by atoms with van der Waals surface area (Å²) < 4.78 is 24.5. The Morgan fingerprint density at radius 2 is 1.75 bits per heavy atom. The van der Waals surface area contributed by atoms with Crippen molar-refractivity contribution in [2.24, 2.45) is 5.92 Å². The molecule has 0 saturated carbocycles. The van der Waals surface area contributed by atoms with Crippen LogP contribution in [0.4, 0.5) is 4.39 Å². The fourth-order valence-corrected chi connectivity index (χ4v) is 4.97. The van der Waals surface area contributed by atoms with Crippen LogP contribution >= 0.6 is 0 Å². The number of halogens is 1. The molecule has 0 bridgehead atoms. The van der Waals surface area contributed by atoms with Crippen LogP contribution in [-0.2, 0) is 17.8 Å². The van der Waals surface area contributed by atoms with E-state index in [0.29, 0.717) is 18.7 Å². The second-order valence-electron chi connectivity index (χ2n) is 9.57. The van der Waals surface area contributed by atoms with E-state index in [1.165, 1.54) is 6.07 Å². The summed E-state index contributed by atoms with van der Waals surface area (Å²) in [5, 5.41) is 3.15. The van der Waals surface area contributed by atoms with E-state index >= 15 is 0 Å². The number of methoxy groups -OCH3 is 2. The molecule has 1 heterocycles. The van der Waals surface area contributed by atoms with Gasteiger partial charge in [0.15, 0.2) is 0 Å². The number of hydrogen-bond donors (Lipinski definition) is 1. The average molecular weight is 491 g/mol. The SMILES string of the molecule is COc1ccc(CCNC(=O)[C@H]2C[C@H](c3ccc(F)c(C)c3)CN(Cc3cccc(OC)c3)C2)cc1. The number of ether oxygens (including phenoxy) is 2. The zero-order valence-electron chi connectivity index (χ0n) is 21.3. The van der Waals surface area contributed by atoms with Gasteiger partial charge in [-0.05, 0) is 78.3 Å². The molecule has 4 rings (SSSR count). The third-order valence-electron chi connectivity index (χ3n) is 6.96. The van der Waals surface area contributed by atoms with Gasteiger partial charge in [-0.15, -0.1) is 0 Å². The van der Waals surface area contributed by atoms with E-state index in [0.717, 1.165) is 54.1 Å². The summed E-state index contributed by atoms with van der Waals surface area (Å²) in [7, 11) is 3.32. The lowest BCUT2D eigenvalue weighted by Crippen LogP contribution is -2.45. The Balaban J connectivity index is 1.44. The third-order valence-corrected chi connectivity index (χ3v) is 6.96. The Morgan fingerprint density at radius 3 is 2.47 bits per heavy atom. The molecule has 1 aliphatic heterocycles. The number of likely N-dealkylation sites (tertiary alicyclic amines) is 1. The highest BCUT2D eigenvalue weighted by Crippen LogP contribution is 2.32. The summed E-state index contributed by atoms with van der Waals surface area (Å²) in [6, 6.07) is 21.3. The van der Waals surface area contributed by atoms with Crippen LogP contribution in [0.2, 0.25) is 0 Å². The molecule has 0 unspecified atom stereocenters. The molecule has 2 atom stereocenters. The van der Waals surface area contributed by atoms with Gasteiger partial charge < -0.3 is 14.8 Å². The molecule has 1 fully saturated rings. The van der Waals surface area contributed by atoms with Gasteiger partial charge in [0, 0.05) is 26.2 Å². The number of carbonyl (C=O) groups is 1. The Labute approximate surface area is 213 Å². The molecular weight excluding hydrogens is 455 g/mol. The summed E-state index contributed by atoms with van der Waals surface area (Å²) in [6.45, 7) is 4.60. The highest BCUT2D eigenvalue weighted by molar-refractivity contribution is 5.79. The molecule has 1 amide bonds. The first-order valence-electron chi connectivity index (χ1n) is 12.5. The number of carbonyl (C=O) groups excluding carboxylic acids is 1. The molecule has 1 aliphatic rings. The Bertz CT molecular complexity index is 1170. The zero-order chi connectivity index (χ0) is 25.5. The molecule has 5 nitrogen and oxygen atoms in total. The van der Waals surface area contributed by atoms with Crippen LogP contribution in [0.15, 0.2) is 66.7 Å². The number of piperidine rings is 1. The van der Waals surface area contributed by atoms with E-state index in [4.69, 9.17) is 9.47 Å². The molecule has 36 heavy (non-hydrogen) atoms. The standard InChI is InChI=1S/C30H35FN2O3/c1-21-15-24(9-12-29(21)31)25-17-26(20-33(19-25)18-23-5-4-6-28(16-23)36-3)30(34)32-14-13-22-7-10-27(35-2)11-8-22/h4-12,15-16,25-26H,13-14,17-20H2,1-3H3,(H,32,34)/t25-,26-/m0/s1. The molecule has 0 aromatic heterocycles. The third kappa shape index (κ3) is 6.64. The van der Waals surface area contributed by atoms with E-state index in [9.17, 15) is 9.18 Å². The smallest absolute Gasteiger partial charge is 0.224 e. The normalized spacial score (nSPS) is 18.0. The highest BCUT2D eigenvalue weighted by atomic mass is 19.1. The number of nitrogens with one attached hydrogen (secondary N) is 1. The van der Waals surface area contributed by atoms with Crippen LogP contribution in [0.3, 0.4) is 0 Å². The predicted octanol–water partition coefficient (Wildman–Crippen LogP) is 5.12. The molecule has 1 saturated heterocycles. The number of amides is 1. The van der Waals surface area contributed by atoms with Crippen LogP contribution in [0, 0.1) is 18.7 Å². The number of rotatable bonds is 9. The van der Waals surface area contributed by atoms with E-state index in [1.807, 2.05) is 54.6 Å². The molecule has 1 N–H and O–H groups in total. The summed E-state index contributed by atoms with van der Waals surface area (Å²) in [4.78, 5) is 15.6. The van der Waals surface area contributed by atoms with Gasteiger partial charge in [-0.2, -0.15) is 0 Å². The van der Waals surface area contributed by atoms with Crippen molar-refractivity contribution < 1.29 is 18.7 Å². The maximum Gasteiger partial charge on any atom is 0.224 e. The van der Waals surface area contributed by atoms with Crippen LogP contribution in [0.25, 0.3) is 0 Å². The van der Waals surface area contributed by atoms with Crippen LogP contribution in [-0.4, -0.2) is 44.7 Å². The Kier molecular flexibility index (Phi) is 8.60. The fourth-order valence-electron chi connectivity index (χ4n) is 4.97. The van der Waals surface area contributed by atoms with Gasteiger partial charge in [-0.3, -0.25) is 9.69 Å². The van der Waals surface area contributed by atoms with Crippen molar-refractivity contribution in [3.63, 3.8) is 0 Å². The average Bonchev–Trinajstić information content (AvgIpc) is 2.90. The van der Waals surface area contributed by atoms with Gasteiger partial charge in [0.25, 0.3) is 0 Å².